The quantitative estimate of drug-likeness (QED) is 0.0272. The van der Waals surface area contributed by atoms with Gasteiger partial charge in [-0.3, -0.25) is 9.36 Å². The summed E-state index contributed by atoms with van der Waals surface area (Å²) >= 11 is 0. The van der Waals surface area contributed by atoms with Crippen LogP contribution in [0.3, 0.4) is 0 Å². The molecule has 0 spiro atoms. The lowest BCUT2D eigenvalue weighted by Crippen LogP contribution is -2.45. The summed E-state index contributed by atoms with van der Waals surface area (Å²) in [7, 11) is 1.24. The minimum atomic E-state index is -4.61. The Morgan fingerprint density at radius 1 is 0.453 bits per heavy atom. The van der Waals surface area contributed by atoms with Crippen molar-refractivity contribution in [1.29, 1.82) is 0 Å². The Morgan fingerprint density at radius 2 is 0.747 bits per heavy atom. The maximum Gasteiger partial charge on any atom is 0.268 e. The molecule has 442 valence electrons. The van der Waals surface area contributed by atoms with Crippen molar-refractivity contribution >= 4 is 13.7 Å². The number of amides is 1. The van der Waals surface area contributed by atoms with Crippen LogP contribution in [0.25, 0.3) is 0 Å². The van der Waals surface area contributed by atoms with E-state index < -0.39 is 26.6 Å². The van der Waals surface area contributed by atoms with E-state index in [4.69, 9.17) is 9.05 Å². The standard InChI is InChI=1S/C66H127N2O6P/c1-6-8-10-12-14-16-18-20-22-24-26-27-28-29-30-31-32-33-34-35-36-37-38-39-40-41-42-44-46-48-50-52-54-56-58-60-66(70)67-64(63-74-75(71,72)73-62-61-68(3,4)5)65(69)59-57-55-53-51-49-47-45-43-25-23-21-19-17-15-13-11-9-7-2/h24-26,43,49,51,57,59,64-65,69H,6-23,27-42,44-48,50,52-56,58,60-63H2,1-5H3,(H-,67,70,71,72)/b26-24-,43-25+,51-49+,59-57+. The minimum absolute atomic E-state index is 0.00816. The molecule has 0 bridgehead atoms. The van der Waals surface area contributed by atoms with Gasteiger partial charge in [0.1, 0.15) is 13.2 Å². The van der Waals surface area contributed by atoms with E-state index in [1.165, 1.54) is 250 Å². The van der Waals surface area contributed by atoms with Gasteiger partial charge in [-0.1, -0.05) is 287 Å². The number of carbonyl (C=O) groups is 1. The zero-order valence-electron chi connectivity index (χ0n) is 50.5. The second-order valence-corrected chi connectivity index (χ2v) is 24.9. The lowest BCUT2D eigenvalue weighted by atomic mass is 10.0. The number of hydrogen-bond acceptors (Lipinski definition) is 6. The molecule has 0 aromatic heterocycles. The number of hydrogen-bond donors (Lipinski definition) is 2. The number of unbranched alkanes of at least 4 members (excludes halogenated alkanes) is 41. The maximum atomic E-state index is 13.0. The summed E-state index contributed by atoms with van der Waals surface area (Å²) in [6.07, 6.45) is 76.6. The molecule has 1 amide bonds. The summed E-state index contributed by atoms with van der Waals surface area (Å²) in [5.74, 6) is -0.206. The van der Waals surface area contributed by atoms with Crippen LogP contribution in [0.4, 0.5) is 0 Å². The predicted molar refractivity (Wildman–Crippen MR) is 325 cm³/mol. The molecule has 0 aromatic carbocycles. The van der Waals surface area contributed by atoms with Crippen molar-refractivity contribution in [2.24, 2.45) is 0 Å². The molecule has 0 aliphatic rings. The summed E-state index contributed by atoms with van der Waals surface area (Å²) in [5.41, 5.74) is 0. The fourth-order valence-electron chi connectivity index (χ4n) is 9.65. The zero-order chi connectivity index (χ0) is 54.9. The van der Waals surface area contributed by atoms with Crippen molar-refractivity contribution in [3.63, 3.8) is 0 Å². The summed E-state index contributed by atoms with van der Waals surface area (Å²) in [6.45, 7) is 4.65. The summed E-state index contributed by atoms with van der Waals surface area (Å²) in [6, 6.07) is -0.909. The first-order valence-corrected chi connectivity index (χ1v) is 34.0. The second-order valence-electron chi connectivity index (χ2n) is 23.4. The number of phosphoric ester groups is 1. The molecular formula is C66H127N2O6P. The third-order valence-corrected chi connectivity index (χ3v) is 15.7. The van der Waals surface area contributed by atoms with Crippen molar-refractivity contribution in [3.05, 3.63) is 48.6 Å². The van der Waals surface area contributed by atoms with E-state index >= 15 is 0 Å². The molecular weight excluding hydrogens is 948 g/mol. The topological polar surface area (TPSA) is 108 Å². The number of allylic oxidation sites excluding steroid dienone is 7. The van der Waals surface area contributed by atoms with Gasteiger partial charge in [-0.2, -0.15) is 0 Å². The molecule has 3 unspecified atom stereocenters. The van der Waals surface area contributed by atoms with E-state index in [0.29, 0.717) is 17.4 Å². The summed E-state index contributed by atoms with van der Waals surface area (Å²) in [4.78, 5) is 25.5. The summed E-state index contributed by atoms with van der Waals surface area (Å²) in [5, 5.41) is 13.9. The molecule has 75 heavy (non-hydrogen) atoms. The Kier molecular flexibility index (Phi) is 56.0. The largest absolute Gasteiger partial charge is 0.756 e. The molecule has 9 heteroatoms. The fraction of sp³-hybridized carbons (Fsp3) is 0.864. The van der Waals surface area contributed by atoms with Gasteiger partial charge in [0.2, 0.25) is 5.91 Å². The molecule has 0 saturated carbocycles. The van der Waals surface area contributed by atoms with Gasteiger partial charge in [-0.15, -0.1) is 0 Å². The van der Waals surface area contributed by atoms with Crippen molar-refractivity contribution in [2.45, 2.75) is 328 Å². The monoisotopic (exact) mass is 1070 g/mol. The van der Waals surface area contributed by atoms with E-state index in [9.17, 15) is 19.4 Å². The van der Waals surface area contributed by atoms with Crippen LogP contribution in [0.5, 0.6) is 0 Å². The number of nitrogens with one attached hydrogen (secondary N) is 1. The lowest BCUT2D eigenvalue weighted by Gasteiger charge is -2.29. The van der Waals surface area contributed by atoms with Gasteiger partial charge < -0.3 is 28.8 Å². The molecule has 0 saturated heterocycles. The number of phosphoric acid groups is 1. The highest BCUT2D eigenvalue weighted by Crippen LogP contribution is 2.38. The third-order valence-electron chi connectivity index (χ3n) is 14.7. The zero-order valence-corrected chi connectivity index (χ0v) is 51.4. The average Bonchev–Trinajstić information content (AvgIpc) is 3.37. The van der Waals surface area contributed by atoms with Crippen LogP contribution in [0.15, 0.2) is 48.6 Å². The molecule has 0 radical (unpaired) electrons. The molecule has 0 heterocycles. The molecule has 0 aromatic rings. The Balaban J connectivity index is 4.02. The van der Waals surface area contributed by atoms with Gasteiger partial charge in [0, 0.05) is 6.42 Å². The number of quaternary nitrogens is 1. The van der Waals surface area contributed by atoms with Gasteiger partial charge in [0.15, 0.2) is 0 Å². The van der Waals surface area contributed by atoms with Gasteiger partial charge >= 0.3 is 0 Å². The van der Waals surface area contributed by atoms with Crippen molar-refractivity contribution in [3.8, 4) is 0 Å². The van der Waals surface area contributed by atoms with Crippen molar-refractivity contribution in [2.75, 3.05) is 40.9 Å². The SMILES string of the molecule is CCCCCCCCCC/C=C\CCCCCCCCCCCCCCCCCCCCCCCCCC(=O)NC(COP(=O)([O-])OCC[N+](C)(C)C)C(O)/C=C/CC/C=C/CC/C=C/CCCCCCCCCC. The summed E-state index contributed by atoms with van der Waals surface area (Å²) < 4.78 is 23.4. The highest BCUT2D eigenvalue weighted by molar-refractivity contribution is 7.45. The smallest absolute Gasteiger partial charge is 0.268 e. The van der Waals surface area contributed by atoms with Crippen LogP contribution >= 0.6 is 7.82 Å². The predicted octanol–water partition coefficient (Wildman–Crippen LogP) is 19.6. The molecule has 3 atom stereocenters. The molecule has 8 nitrogen and oxygen atoms in total. The van der Waals surface area contributed by atoms with Crippen LogP contribution in [-0.4, -0.2) is 68.5 Å². The Labute approximate surface area is 467 Å². The van der Waals surface area contributed by atoms with E-state index in [1.54, 1.807) is 6.08 Å². The molecule has 2 N–H and O–H groups in total. The van der Waals surface area contributed by atoms with Gasteiger partial charge in [-0.05, 0) is 70.6 Å². The van der Waals surface area contributed by atoms with E-state index in [1.807, 2.05) is 27.2 Å². The fourth-order valence-corrected chi connectivity index (χ4v) is 10.4. The first kappa shape index (κ1) is 73.5. The first-order chi connectivity index (χ1) is 36.5. The number of nitrogens with zero attached hydrogens (tertiary/aromatic N) is 1. The molecule has 0 aliphatic carbocycles. The van der Waals surface area contributed by atoms with Gasteiger partial charge in [-0.25, -0.2) is 0 Å². The number of aliphatic hydroxyl groups is 1. The Morgan fingerprint density at radius 3 is 1.08 bits per heavy atom. The third kappa shape index (κ3) is 60.0. The number of likely N-dealkylation sites (N-methyl/N-ethyl adjacent to an activating group) is 1. The Bertz CT molecular complexity index is 1360. The second kappa shape index (κ2) is 57.2. The first-order valence-electron chi connectivity index (χ1n) is 32.5. The van der Waals surface area contributed by atoms with E-state index in [-0.39, 0.29) is 12.5 Å². The maximum absolute atomic E-state index is 13.0. The average molecular weight is 1080 g/mol. The van der Waals surface area contributed by atoms with E-state index in [2.05, 4.69) is 55.6 Å². The highest BCUT2D eigenvalue weighted by atomic mass is 31.2. The van der Waals surface area contributed by atoms with Crippen LogP contribution in [-0.2, 0) is 18.4 Å². The highest BCUT2D eigenvalue weighted by Gasteiger charge is 2.23. The molecule has 0 aliphatic heterocycles. The van der Waals surface area contributed by atoms with Crippen molar-refractivity contribution in [1.82, 2.24) is 5.32 Å². The number of aliphatic hydroxyl groups excluding tert-OH is 1. The number of carbonyl (C=O) groups excluding carboxylic acids is 1. The number of rotatable bonds is 60. The molecule has 0 rings (SSSR count). The van der Waals surface area contributed by atoms with E-state index in [0.717, 1.165) is 44.9 Å². The van der Waals surface area contributed by atoms with Gasteiger partial charge in [0.05, 0.1) is 39.9 Å². The Hall–Kier alpha value is -1.54. The normalized spacial score (nSPS) is 14.1. The van der Waals surface area contributed by atoms with Crippen LogP contribution < -0.4 is 10.2 Å². The van der Waals surface area contributed by atoms with Crippen LogP contribution in [0.1, 0.15) is 316 Å². The van der Waals surface area contributed by atoms with Crippen LogP contribution in [0.2, 0.25) is 0 Å². The van der Waals surface area contributed by atoms with Crippen molar-refractivity contribution < 1.29 is 32.9 Å². The van der Waals surface area contributed by atoms with Crippen LogP contribution in [0, 0.1) is 0 Å². The lowest BCUT2D eigenvalue weighted by molar-refractivity contribution is -0.870. The molecule has 0 fully saturated rings. The minimum Gasteiger partial charge on any atom is -0.756 e. The van der Waals surface area contributed by atoms with Gasteiger partial charge in [0.25, 0.3) is 7.82 Å².